The van der Waals surface area contributed by atoms with Crippen LogP contribution in [0.15, 0.2) is 58.4 Å². The molecule has 0 aliphatic carbocycles. The highest BCUT2D eigenvalue weighted by atomic mass is 32.2. The number of methoxy groups -OCH3 is 1. The summed E-state index contributed by atoms with van der Waals surface area (Å²) in [6, 6.07) is 14.2. The molecule has 0 bridgehead atoms. The number of benzene rings is 2. The van der Waals surface area contributed by atoms with Crippen LogP contribution in [0.2, 0.25) is 0 Å². The van der Waals surface area contributed by atoms with Gasteiger partial charge in [0.05, 0.1) is 12.0 Å². The third-order valence-corrected chi connectivity index (χ3v) is 5.93. The van der Waals surface area contributed by atoms with Crippen molar-refractivity contribution in [2.24, 2.45) is 4.99 Å². The first-order valence-electron chi connectivity index (χ1n) is 9.45. The van der Waals surface area contributed by atoms with E-state index in [2.05, 4.69) is 9.71 Å². The van der Waals surface area contributed by atoms with Crippen LogP contribution in [0, 0.1) is 0 Å². The first-order chi connectivity index (χ1) is 14.0. The predicted octanol–water partition coefficient (Wildman–Crippen LogP) is 3.04. The zero-order valence-electron chi connectivity index (χ0n) is 16.3. The molecule has 0 amide bonds. The molecule has 8 heteroatoms. The van der Waals surface area contributed by atoms with E-state index in [4.69, 9.17) is 9.47 Å². The Morgan fingerprint density at radius 2 is 1.79 bits per heavy atom. The summed E-state index contributed by atoms with van der Waals surface area (Å²) in [5.41, 5.74) is 1.52. The maximum atomic E-state index is 12.0. The molecule has 1 heterocycles. The van der Waals surface area contributed by atoms with Gasteiger partial charge in [0, 0.05) is 18.5 Å². The number of nitrogens with one attached hydrogen (secondary N) is 1. The fourth-order valence-electron chi connectivity index (χ4n) is 2.96. The number of nitrogens with zero attached hydrogens (tertiary/aromatic N) is 1. The number of carbonyl (C=O) groups is 1. The molecule has 2 aromatic rings. The highest BCUT2D eigenvalue weighted by molar-refractivity contribution is 7.90. The minimum atomic E-state index is -3.50. The fourth-order valence-corrected chi connectivity index (χ4v) is 4.21. The van der Waals surface area contributed by atoms with Gasteiger partial charge in [0.1, 0.15) is 18.2 Å². The molecule has 0 radical (unpaired) electrons. The number of hydrogen-bond donors (Lipinski definition) is 1. The largest absolute Gasteiger partial charge is 0.497 e. The monoisotopic (exact) mass is 416 g/mol. The summed E-state index contributed by atoms with van der Waals surface area (Å²) in [7, 11) is -1.89. The van der Waals surface area contributed by atoms with Crippen LogP contribution in [-0.2, 0) is 26.2 Å². The smallest absolute Gasteiger partial charge is 0.306 e. The first kappa shape index (κ1) is 20.9. The normalized spacial score (nSPS) is 15.6. The Morgan fingerprint density at radius 1 is 1.03 bits per heavy atom. The Balaban J connectivity index is 1.35. The van der Waals surface area contributed by atoms with Gasteiger partial charge in [-0.25, -0.2) is 8.42 Å². The van der Waals surface area contributed by atoms with Crippen LogP contribution in [0.4, 0.5) is 0 Å². The van der Waals surface area contributed by atoms with Crippen LogP contribution in [0.5, 0.6) is 5.75 Å². The summed E-state index contributed by atoms with van der Waals surface area (Å²) in [6.07, 6.45) is 2.62. The van der Waals surface area contributed by atoms with E-state index < -0.39 is 10.0 Å². The number of sulfonamides is 1. The molecule has 7 nitrogen and oxygen atoms in total. The molecule has 154 valence electrons. The predicted molar refractivity (Wildman–Crippen MR) is 109 cm³/mol. The van der Waals surface area contributed by atoms with E-state index in [1.54, 1.807) is 31.4 Å². The second-order valence-corrected chi connectivity index (χ2v) is 8.30. The average Bonchev–Trinajstić information content (AvgIpc) is 3.00. The Labute approximate surface area is 170 Å². The lowest BCUT2D eigenvalue weighted by atomic mass is 10.2. The number of aliphatic imine (C=N–C) groups is 1. The van der Waals surface area contributed by atoms with Crippen LogP contribution in [-0.4, -0.2) is 33.9 Å². The van der Waals surface area contributed by atoms with Gasteiger partial charge in [-0.1, -0.05) is 30.7 Å². The Bertz CT molecular complexity index is 984. The number of esters is 1. The molecule has 1 N–H and O–H groups in total. The number of rotatable bonds is 9. The molecule has 0 aromatic heterocycles. The molecule has 0 spiro atoms. The third-order valence-electron chi connectivity index (χ3n) is 4.53. The molecule has 1 aliphatic rings. The molecule has 0 atom stereocenters. The van der Waals surface area contributed by atoms with Crippen molar-refractivity contribution in [2.75, 3.05) is 13.7 Å². The van der Waals surface area contributed by atoms with Crippen molar-refractivity contribution in [1.82, 2.24) is 4.72 Å². The van der Waals surface area contributed by atoms with Gasteiger partial charge in [0.2, 0.25) is 0 Å². The fraction of sp³-hybridized carbons (Fsp3) is 0.333. The van der Waals surface area contributed by atoms with Crippen molar-refractivity contribution in [2.45, 2.75) is 37.2 Å². The van der Waals surface area contributed by atoms with Crippen LogP contribution < -0.4 is 9.46 Å². The van der Waals surface area contributed by atoms with Crippen LogP contribution in [0.1, 0.15) is 36.8 Å². The van der Waals surface area contributed by atoms with E-state index in [0.717, 1.165) is 24.2 Å². The van der Waals surface area contributed by atoms with Crippen molar-refractivity contribution in [3.63, 3.8) is 0 Å². The lowest BCUT2D eigenvalue weighted by Gasteiger charge is -2.06. The summed E-state index contributed by atoms with van der Waals surface area (Å²) in [5.74, 6) is 0.918. The van der Waals surface area contributed by atoms with Gasteiger partial charge in [-0.3, -0.25) is 14.5 Å². The lowest BCUT2D eigenvalue weighted by Crippen LogP contribution is -2.22. The Morgan fingerprint density at radius 3 is 2.55 bits per heavy atom. The van der Waals surface area contributed by atoms with Crippen molar-refractivity contribution in [1.29, 1.82) is 0 Å². The second kappa shape index (κ2) is 9.56. The van der Waals surface area contributed by atoms with Gasteiger partial charge in [0.25, 0.3) is 10.0 Å². The van der Waals surface area contributed by atoms with E-state index in [1.807, 2.05) is 24.3 Å². The molecule has 0 fully saturated rings. The number of fused-ring (bicyclic) bond motifs is 1. The lowest BCUT2D eigenvalue weighted by molar-refractivity contribution is -0.145. The Hall–Kier alpha value is -2.87. The maximum Gasteiger partial charge on any atom is 0.306 e. The van der Waals surface area contributed by atoms with Crippen molar-refractivity contribution in [3.8, 4) is 5.75 Å². The molecule has 3 rings (SSSR count). The zero-order chi connectivity index (χ0) is 20.7. The van der Waals surface area contributed by atoms with Crippen molar-refractivity contribution < 1.29 is 22.7 Å². The van der Waals surface area contributed by atoms with Gasteiger partial charge >= 0.3 is 5.97 Å². The summed E-state index contributed by atoms with van der Waals surface area (Å²) in [6.45, 7) is 0.739. The number of unbranched alkanes of at least 4 members (excludes halogenated alkanes) is 2. The van der Waals surface area contributed by atoms with Gasteiger partial charge in [-0.15, -0.1) is 0 Å². The molecule has 0 unspecified atom stereocenters. The summed E-state index contributed by atoms with van der Waals surface area (Å²) >= 11 is 0. The van der Waals surface area contributed by atoms with Crippen molar-refractivity contribution >= 4 is 21.8 Å². The third kappa shape index (κ3) is 5.57. The van der Waals surface area contributed by atoms with Crippen LogP contribution in [0.3, 0.4) is 0 Å². The molecule has 29 heavy (non-hydrogen) atoms. The summed E-state index contributed by atoms with van der Waals surface area (Å²) in [4.78, 5) is 16.5. The molecule has 2 aromatic carbocycles. The highest BCUT2D eigenvalue weighted by Crippen LogP contribution is 2.22. The van der Waals surface area contributed by atoms with Crippen molar-refractivity contribution in [3.05, 3.63) is 59.7 Å². The summed E-state index contributed by atoms with van der Waals surface area (Å²) < 4.78 is 36.9. The molecule has 0 saturated heterocycles. The molecular weight excluding hydrogens is 392 g/mol. The van der Waals surface area contributed by atoms with Crippen LogP contribution >= 0.6 is 0 Å². The van der Waals surface area contributed by atoms with E-state index in [1.165, 1.54) is 0 Å². The number of hydrogen-bond acceptors (Lipinski definition) is 6. The minimum Gasteiger partial charge on any atom is -0.497 e. The first-order valence-corrected chi connectivity index (χ1v) is 10.9. The van der Waals surface area contributed by atoms with E-state index in [9.17, 15) is 13.2 Å². The Kier molecular flexibility index (Phi) is 6.87. The number of ether oxygens (including phenoxy) is 2. The van der Waals surface area contributed by atoms with E-state index >= 15 is 0 Å². The van der Waals surface area contributed by atoms with Gasteiger partial charge in [0.15, 0.2) is 0 Å². The van der Waals surface area contributed by atoms with Crippen LogP contribution in [0.25, 0.3) is 0 Å². The highest BCUT2D eigenvalue weighted by Gasteiger charge is 2.29. The molecule has 0 saturated carbocycles. The topological polar surface area (TPSA) is 94.1 Å². The van der Waals surface area contributed by atoms with Gasteiger partial charge in [-0.05, 0) is 42.7 Å². The molecular formula is C21H24N2O5S. The SMILES string of the molecule is COc1ccc(COC(=O)CCCCCN=C2NS(=O)(=O)c3ccccc32)cc1. The average molecular weight is 416 g/mol. The second-order valence-electron chi connectivity index (χ2n) is 6.65. The quantitative estimate of drug-likeness (QED) is 0.501. The number of amidine groups is 1. The van der Waals surface area contributed by atoms with Gasteiger partial charge in [-0.2, -0.15) is 0 Å². The standard InChI is InChI=1S/C21H24N2O5S/c1-27-17-12-10-16(11-13-17)15-28-20(24)9-3-2-6-14-22-21-18-7-4-5-8-19(18)29(25,26)23-21/h4-5,7-8,10-13H,2-3,6,9,14-15H2,1H3,(H,22,23). The molecule has 1 aliphatic heterocycles. The van der Waals surface area contributed by atoms with E-state index in [0.29, 0.717) is 30.8 Å². The zero-order valence-corrected chi connectivity index (χ0v) is 17.1. The maximum absolute atomic E-state index is 12.0. The number of carbonyl (C=O) groups excluding carboxylic acids is 1. The summed E-state index contributed by atoms with van der Waals surface area (Å²) in [5, 5.41) is 0. The van der Waals surface area contributed by atoms with Gasteiger partial charge < -0.3 is 9.47 Å². The van der Waals surface area contributed by atoms with E-state index in [-0.39, 0.29) is 17.5 Å². The minimum absolute atomic E-state index is 0.232.